The SMILES string of the molecule is CCN1C(=O)C(CCN)Oc2ccc(C(=O)OC)cc21. The van der Waals surface area contributed by atoms with Crippen LogP contribution in [0.25, 0.3) is 0 Å². The summed E-state index contributed by atoms with van der Waals surface area (Å²) in [5.41, 5.74) is 6.48. The number of anilines is 1. The number of nitrogens with zero attached hydrogens (tertiary/aromatic N) is 1. The van der Waals surface area contributed by atoms with Crippen LogP contribution in [-0.4, -0.2) is 38.2 Å². The van der Waals surface area contributed by atoms with Gasteiger partial charge in [0.25, 0.3) is 5.91 Å². The van der Waals surface area contributed by atoms with Crippen molar-refractivity contribution in [3.05, 3.63) is 23.8 Å². The van der Waals surface area contributed by atoms with E-state index in [4.69, 9.17) is 10.5 Å². The minimum Gasteiger partial charge on any atom is -0.478 e. The van der Waals surface area contributed by atoms with Crippen molar-refractivity contribution in [1.29, 1.82) is 0 Å². The molecule has 2 rings (SSSR count). The van der Waals surface area contributed by atoms with E-state index in [1.165, 1.54) is 7.11 Å². The molecule has 1 aromatic carbocycles. The van der Waals surface area contributed by atoms with E-state index in [1.807, 2.05) is 6.92 Å². The summed E-state index contributed by atoms with van der Waals surface area (Å²) in [5.74, 6) is 0.00500. The number of amides is 1. The van der Waals surface area contributed by atoms with E-state index < -0.39 is 12.1 Å². The average Bonchev–Trinajstić information content (AvgIpc) is 2.47. The Bertz CT molecular complexity index is 530. The van der Waals surface area contributed by atoms with Crippen LogP contribution >= 0.6 is 0 Å². The van der Waals surface area contributed by atoms with Crippen LogP contribution in [0.15, 0.2) is 18.2 Å². The topological polar surface area (TPSA) is 81.9 Å². The molecule has 1 unspecified atom stereocenters. The molecule has 108 valence electrons. The molecule has 1 amide bonds. The van der Waals surface area contributed by atoms with Crippen molar-refractivity contribution < 1.29 is 19.1 Å². The first kappa shape index (κ1) is 14.3. The van der Waals surface area contributed by atoms with E-state index in [2.05, 4.69) is 4.74 Å². The Morgan fingerprint density at radius 2 is 2.25 bits per heavy atom. The van der Waals surface area contributed by atoms with Crippen LogP contribution in [0.5, 0.6) is 5.75 Å². The van der Waals surface area contributed by atoms with Gasteiger partial charge < -0.3 is 20.1 Å². The fourth-order valence-corrected chi connectivity index (χ4v) is 2.23. The summed E-state index contributed by atoms with van der Waals surface area (Å²) in [4.78, 5) is 25.5. The molecule has 0 saturated heterocycles. The number of esters is 1. The van der Waals surface area contributed by atoms with Crippen LogP contribution < -0.4 is 15.4 Å². The maximum Gasteiger partial charge on any atom is 0.337 e. The molecule has 1 heterocycles. The summed E-state index contributed by atoms with van der Waals surface area (Å²) in [6, 6.07) is 4.91. The molecular weight excluding hydrogens is 260 g/mol. The zero-order chi connectivity index (χ0) is 14.7. The molecule has 0 bridgehead atoms. The Morgan fingerprint density at radius 1 is 1.50 bits per heavy atom. The molecule has 0 fully saturated rings. The van der Waals surface area contributed by atoms with E-state index >= 15 is 0 Å². The molecule has 1 aromatic rings. The highest BCUT2D eigenvalue weighted by Gasteiger charge is 2.33. The molecule has 0 spiro atoms. The zero-order valence-corrected chi connectivity index (χ0v) is 11.6. The second kappa shape index (κ2) is 5.92. The Hall–Kier alpha value is -2.08. The average molecular weight is 278 g/mol. The van der Waals surface area contributed by atoms with E-state index in [0.717, 1.165) is 0 Å². The molecule has 0 radical (unpaired) electrons. The van der Waals surface area contributed by atoms with Gasteiger partial charge in [0.15, 0.2) is 6.10 Å². The fourth-order valence-electron chi connectivity index (χ4n) is 2.23. The minimum atomic E-state index is -0.559. The minimum absolute atomic E-state index is 0.132. The number of nitrogens with two attached hydrogens (primary N) is 1. The van der Waals surface area contributed by atoms with Crippen molar-refractivity contribution in [2.45, 2.75) is 19.4 Å². The van der Waals surface area contributed by atoms with Gasteiger partial charge in [-0.1, -0.05) is 0 Å². The number of likely N-dealkylation sites (N-methyl/N-ethyl adjacent to an activating group) is 1. The number of carbonyl (C=O) groups is 2. The second-order valence-corrected chi connectivity index (χ2v) is 4.44. The third-order valence-corrected chi connectivity index (χ3v) is 3.23. The van der Waals surface area contributed by atoms with Crippen molar-refractivity contribution in [2.75, 3.05) is 25.1 Å². The summed E-state index contributed by atoms with van der Waals surface area (Å²) < 4.78 is 10.3. The van der Waals surface area contributed by atoms with Gasteiger partial charge in [-0.2, -0.15) is 0 Å². The van der Waals surface area contributed by atoms with Crippen LogP contribution in [0.3, 0.4) is 0 Å². The van der Waals surface area contributed by atoms with Crippen LogP contribution in [0.4, 0.5) is 5.69 Å². The highest BCUT2D eigenvalue weighted by atomic mass is 16.5. The number of ether oxygens (including phenoxy) is 2. The van der Waals surface area contributed by atoms with Gasteiger partial charge in [-0.25, -0.2) is 4.79 Å². The van der Waals surface area contributed by atoms with E-state index in [0.29, 0.717) is 36.5 Å². The maximum absolute atomic E-state index is 12.3. The van der Waals surface area contributed by atoms with Gasteiger partial charge in [-0.05, 0) is 31.7 Å². The zero-order valence-electron chi connectivity index (χ0n) is 11.6. The maximum atomic E-state index is 12.3. The molecule has 1 aliphatic heterocycles. The summed E-state index contributed by atoms with van der Waals surface area (Å²) in [5, 5.41) is 0. The lowest BCUT2D eigenvalue weighted by Crippen LogP contribution is -2.46. The number of carbonyl (C=O) groups excluding carboxylic acids is 2. The van der Waals surface area contributed by atoms with Gasteiger partial charge in [0.1, 0.15) is 5.75 Å². The van der Waals surface area contributed by atoms with Crippen LogP contribution in [0, 0.1) is 0 Å². The lowest BCUT2D eigenvalue weighted by molar-refractivity contribution is -0.126. The number of methoxy groups -OCH3 is 1. The third-order valence-electron chi connectivity index (χ3n) is 3.23. The van der Waals surface area contributed by atoms with Crippen molar-refractivity contribution in [3.63, 3.8) is 0 Å². The van der Waals surface area contributed by atoms with Crippen LogP contribution in [-0.2, 0) is 9.53 Å². The van der Waals surface area contributed by atoms with Crippen LogP contribution in [0.2, 0.25) is 0 Å². The monoisotopic (exact) mass is 278 g/mol. The lowest BCUT2D eigenvalue weighted by atomic mass is 10.1. The largest absolute Gasteiger partial charge is 0.478 e. The summed E-state index contributed by atoms with van der Waals surface area (Å²) in [6.45, 7) is 2.75. The highest BCUT2D eigenvalue weighted by molar-refractivity contribution is 6.01. The first-order chi connectivity index (χ1) is 9.62. The number of fused-ring (bicyclic) bond motifs is 1. The Morgan fingerprint density at radius 3 is 2.85 bits per heavy atom. The van der Waals surface area contributed by atoms with Gasteiger partial charge in [0, 0.05) is 13.0 Å². The molecule has 0 saturated carbocycles. The van der Waals surface area contributed by atoms with E-state index in [9.17, 15) is 9.59 Å². The van der Waals surface area contributed by atoms with Gasteiger partial charge in [-0.15, -0.1) is 0 Å². The Labute approximate surface area is 117 Å². The normalized spacial score (nSPS) is 17.4. The molecule has 1 aliphatic rings. The van der Waals surface area contributed by atoms with Gasteiger partial charge in [-0.3, -0.25) is 4.79 Å². The smallest absolute Gasteiger partial charge is 0.337 e. The van der Waals surface area contributed by atoms with E-state index in [-0.39, 0.29) is 5.91 Å². The molecule has 0 aliphatic carbocycles. The van der Waals surface area contributed by atoms with Gasteiger partial charge >= 0.3 is 5.97 Å². The molecule has 2 N–H and O–H groups in total. The second-order valence-electron chi connectivity index (χ2n) is 4.44. The number of rotatable bonds is 4. The Balaban J connectivity index is 2.40. The van der Waals surface area contributed by atoms with Crippen molar-refractivity contribution >= 4 is 17.6 Å². The van der Waals surface area contributed by atoms with Gasteiger partial charge in [0.2, 0.25) is 0 Å². The predicted molar refractivity (Wildman–Crippen MR) is 73.9 cm³/mol. The predicted octanol–water partition coefficient (Wildman–Crippen LogP) is 0.936. The standard InChI is InChI=1S/C14H18N2O4/c1-3-16-10-8-9(14(18)19-2)4-5-11(10)20-12(6-7-15)13(16)17/h4-5,8,12H,3,6-7,15H2,1-2H3. The summed E-state index contributed by atoms with van der Waals surface area (Å²) in [7, 11) is 1.32. The summed E-state index contributed by atoms with van der Waals surface area (Å²) in [6.07, 6.45) is -0.0931. The molecule has 20 heavy (non-hydrogen) atoms. The number of benzene rings is 1. The number of hydrogen-bond donors (Lipinski definition) is 1. The molecule has 6 nitrogen and oxygen atoms in total. The first-order valence-electron chi connectivity index (χ1n) is 6.52. The quantitative estimate of drug-likeness (QED) is 0.829. The molecule has 6 heteroatoms. The molecule has 0 aromatic heterocycles. The molecule has 1 atom stereocenters. The lowest BCUT2D eigenvalue weighted by Gasteiger charge is -2.33. The van der Waals surface area contributed by atoms with Crippen molar-refractivity contribution in [1.82, 2.24) is 0 Å². The van der Waals surface area contributed by atoms with Crippen molar-refractivity contribution in [3.8, 4) is 5.75 Å². The summed E-state index contributed by atoms with van der Waals surface area (Å²) >= 11 is 0. The van der Waals surface area contributed by atoms with Crippen LogP contribution in [0.1, 0.15) is 23.7 Å². The third kappa shape index (κ3) is 2.46. The highest BCUT2D eigenvalue weighted by Crippen LogP contribution is 2.35. The van der Waals surface area contributed by atoms with Gasteiger partial charge in [0.05, 0.1) is 18.4 Å². The van der Waals surface area contributed by atoms with E-state index in [1.54, 1.807) is 23.1 Å². The first-order valence-corrected chi connectivity index (χ1v) is 6.52. The Kier molecular flexibility index (Phi) is 4.24. The number of hydrogen-bond acceptors (Lipinski definition) is 5. The fraction of sp³-hybridized carbons (Fsp3) is 0.429. The van der Waals surface area contributed by atoms with Crippen molar-refractivity contribution in [2.24, 2.45) is 5.73 Å². The molecular formula is C14H18N2O4.